The molecular formula is C17H14Br2N4O2. The van der Waals surface area contributed by atoms with E-state index in [-0.39, 0.29) is 6.42 Å². The van der Waals surface area contributed by atoms with Crippen molar-refractivity contribution in [2.45, 2.75) is 6.42 Å². The summed E-state index contributed by atoms with van der Waals surface area (Å²) >= 11 is 6.69. The fraction of sp³-hybridized carbons (Fsp3) is 0.0588. The first-order valence-electron chi connectivity index (χ1n) is 7.18. The van der Waals surface area contributed by atoms with E-state index in [0.717, 1.165) is 20.1 Å². The zero-order valence-electron chi connectivity index (χ0n) is 12.9. The molecule has 2 N–H and O–H groups in total. The van der Waals surface area contributed by atoms with Crippen LogP contribution in [-0.2, 0) is 9.59 Å². The third kappa shape index (κ3) is 7.40. The molecule has 0 spiro atoms. The summed E-state index contributed by atoms with van der Waals surface area (Å²) in [5.74, 6) is -1.05. The molecule has 0 atom stereocenters. The first kappa shape index (κ1) is 19.0. The van der Waals surface area contributed by atoms with E-state index in [1.54, 1.807) is 0 Å². The second-order valence-electron chi connectivity index (χ2n) is 4.87. The zero-order chi connectivity index (χ0) is 18.1. The molecule has 0 radical (unpaired) electrons. The van der Waals surface area contributed by atoms with Crippen LogP contribution in [0.1, 0.15) is 17.5 Å². The monoisotopic (exact) mass is 464 g/mol. The van der Waals surface area contributed by atoms with Crippen LogP contribution in [0, 0.1) is 0 Å². The van der Waals surface area contributed by atoms with E-state index in [9.17, 15) is 9.59 Å². The highest BCUT2D eigenvalue weighted by molar-refractivity contribution is 9.10. The molecule has 0 aliphatic carbocycles. The minimum atomic E-state index is -0.526. The van der Waals surface area contributed by atoms with Crippen molar-refractivity contribution in [1.82, 2.24) is 10.9 Å². The number of hydrogen-bond donors (Lipinski definition) is 2. The van der Waals surface area contributed by atoms with Crippen molar-refractivity contribution < 1.29 is 9.59 Å². The fourth-order valence-electron chi connectivity index (χ4n) is 1.76. The van der Waals surface area contributed by atoms with Gasteiger partial charge in [-0.1, -0.05) is 56.1 Å². The molecule has 0 aromatic heterocycles. The van der Waals surface area contributed by atoms with Crippen molar-refractivity contribution in [1.29, 1.82) is 0 Å². The number of rotatable bonds is 6. The summed E-state index contributed by atoms with van der Waals surface area (Å²) in [5, 5.41) is 7.61. The molecule has 0 bridgehead atoms. The van der Waals surface area contributed by atoms with Gasteiger partial charge in [-0.05, 0) is 35.4 Å². The van der Waals surface area contributed by atoms with Crippen LogP contribution in [0.25, 0.3) is 0 Å². The molecule has 0 heterocycles. The van der Waals surface area contributed by atoms with Crippen molar-refractivity contribution in [3.05, 3.63) is 68.6 Å². The van der Waals surface area contributed by atoms with Gasteiger partial charge in [0, 0.05) is 8.95 Å². The van der Waals surface area contributed by atoms with Gasteiger partial charge in [0.05, 0.1) is 12.4 Å². The molecule has 0 saturated carbocycles. The van der Waals surface area contributed by atoms with E-state index in [4.69, 9.17) is 0 Å². The second-order valence-corrected chi connectivity index (χ2v) is 6.70. The number of nitrogens with zero attached hydrogens (tertiary/aromatic N) is 2. The molecule has 6 nitrogen and oxygen atoms in total. The van der Waals surface area contributed by atoms with Gasteiger partial charge in [0.1, 0.15) is 6.42 Å². The Bertz CT molecular complexity index is 754. The van der Waals surface area contributed by atoms with Crippen LogP contribution in [0.3, 0.4) is 0 Å². The number of nitrogens with one attached hydrogen (secondary N) is 2. The zero-order valence-corrected chi connectivity index (χ0v) is 16.1. The van der Waals surface area contributed by atoms with Crippen molar-refractivity contribution in [2.24, 2.45) is 10.2 Å². The van der Waals surface area contributed by atoms with Gasteiger partial charge in [0.2, 0.25) is 11.8 Å². The second kappa shape index (κ2) is 9.85. The number of halogens is 2. The lowest BCUT2D eigenvalue weighted by atomic mass is 10.2. The Hall–Kier alpha value is -2.32. The van der Waals surface area contributed by atoms with Gasteiger partial charge in [-0.15, -0.1) is 0 Å². The molecule has 25 heavy (non-hydrogen) atoms. The molecule has 128 valence electrons. The Kier molecular flexibility index (Phi) is 7.49. The van der Waals surface area contributed by atoms with Crippen LogP contribution in [0.15, 0.2) is 67.7 Å². The van der Waals surface area contributed by atoms with Crippen LogP contribution >= 0.6 is 31.9 Å². The third-order valence-electron chi connectivity index (χ3n) is 2.82. The number of hydrazone groups is 2. The summed E-state index contributed by atoms with van der Waals surface area (Å²) in [5.41, 5.74) is 6.22. The van der Waals surface area contributed by atoms with Gasteiger partial charge in [-0.25, -0.2) is 10.9 Å². The first-order chi connectivity index (χ1) is 12.0. The molecule has 0 saturated heterocycles. The number of carbonyl (C=O) groups is 2. The molecule has 0 fully saturated rings. The molecule has 8 heteroatoms. The van der Waals surface area contributed by atoms with Gasteiger partial charge < -0.3 is 0 Å². The SMILES string of the molecule is O=C(CC(=O)N/N=C/c1cccc(Br)c1)N/N=C/c1cccc(Br)c1. The lowest BCUT2D eigenvalue weighted by Crippen LogP contribution is -2.27. The van der Waals surface area contributed by atoms with Gasteiger partial charge in [0.15, 0.2) is 0 Å². The standard InChI is InChI=1S/C17H14Br2N4O2/c18-14-5-1-3-12(7-14)10-20-22-16(24)9-17(25)23-21-11-13-4-2-6-15(19)8-13/h1-8,10-11H,9H2,(H,22,24)(H,23,25)/b20-10+,21-11+. The summed E-state index contributed by atoms with van der Waals surface area (Å²) in [6.07, 6.45) is 2.61. The number of carbonyl (C=O) groups excluding carboxylic acids is 2. The maximum atomic E-state index is 11.6. The normalized spacial score (nSPS) is 11.0. The van der Waals surface area contributed by atoms with Crippen molar-refractivity contribution in [3.8, 4) is 0 Å². The van der Waals surface area contributed by atoms with E-state index < -0.39 is 11.8 Å². The number of benzene rings is 2. The van der Waals surface area contributed by atoms with Crippen molar-refractivity contribution in [3.63, 3.8) is 0 Å². The van der Waals surface area contributed by atoms with Crippen LogP contribution < -0.4 is 10.9 Å². The highest BCUT2D eigenvalue weighted by atomic mass is 79.9. The fourth-order valence-corrected chi connectivity index (χ4v) is 2.59. The summed E-state index contributed by atoms with van der Waals surface area (Å²) in [4.78, 5) is 23.3. The Morgan fingerprint density at radius 3 is 1.68 bits per heavy atom. The highest BCUT2D eigenvalue weighted by Crippen LogP contribution is 2.10. The summed E-state index contributed by atoms with van der Waals surface area (Å²) in [7, 11) is 0. The molecule has 2 amide bonds. The topological polar surface area (TPSA) is 82.9 Å². The summed E-state index contributed by atoms with van der Waals surface area (Å²) < 4.78 is 1.82. The van der Waals surface area contributed by atoms with E-state index in [0.29, 0.717) is 0 Å². The molecule has 0 aliphatic rings. The van der Waals surface area contributed by atoms with Gasteiger partial charge in [-0.2, -0.15) is 10.2 Å². The lowest BCUT2D eigenvalue weighted by Gasteiger charge is -2.00. The van der Waals surface area contributed by atoms with Gasteiger partial charge in [0.25, 0.3) is 0 Å². The number of amides is 2. The van der Waals surface area contributed by atoms with E-state index in [1.807, 2.05) is 48.5 Å². The molecule has 0 aliphatic heterocycles. The maximum absolute atomic E-state index is 11.6. The lowest BCUT2D eigenvalue weighted by molar-refractivity contribution is -0.129. The van der Waals surface area contributed by atoms with Crippen molar-refractivity contribution >= 4 is 56.1 Å². The van der Waals surface area contributed by atoms with Crippen LogP contribution in [0.5, 0.6) is 0 Å². The summed E-state index contributed by atoms with van der Waals surface area (Å²) in [6, 6.07) is 14.8. The average Bonchev–Trinajstić information content (AvgIpc) is 2.55. The van der Waals surface area contributed by atoms with Crippen molar-refractivity contribution in [2.75, 3.05) is 0 Å². The Balaban J connectivity index is 1.75. The van der Waals surface area contributed by atoms with Gasteiger partial charge >= 0.3 is 0 Å². The predicted octanol–water partition coefficient (Wildman–Crippen LogP) is 3.20. The highest BCUT2D eigenvalue weighted by Gasteiger charge is 2.07. The quantitative estimate of drug-likeness (QED) is 0.390. The Labute approximate surface area is 161 Å². The van der Waals surface area contributed by atoms with Crippen LogP contribution in [-0.4, -0.2) is 24.2 Å². The molecular weight excluding hydrogens is 452 g/mol. The smallest absolute Gasteiger partial charge is 0.249 e. The number of hydrogen-bond acceptors (Lipinski definition) is 4. The summed E-state index contributed by atoms with van der Waals surface area (Å²) in [6.45, 7) is 0. The van der Waals surface area contributed by atoms with E-state index in [2.05, 4.69) is 52.9 Å². The minimum Gasteiger partial charge on any atom is -0.273 e. The molecule has 2 aromatic carbocycles. The predicted molar refractivity (Wildman–Crippen MR) is 104 cm³/mol. The van der Waals surface area contributed by atoms with Crippen LogP contribution in [0.4, 0.5) is 0 Å². The molecule has 0 unspecified atom stereocenters. The Morgan fingerprint density at radius 1 is 0.840 bits per heavy atom. The minimum absolute atomic E-state index is 0.369. The maximum Gasteiger partial charge on any atom is 0.249 e. The molecule has 2 aromatic rings. The van der Waals surface area contributed by atoms with Crippen LogP contribution in [0.2, 0.25) is 0 Å². The third-order valence-corrected chi connectivity index (χ3v) is 3.81. The first-order valence-corrected chi connectivity index (χ1v) is 8.76. The largest absolute Gasteiger partial charge is 0.273 e. The average molecular weight is 466 g/mol. The Morgan fingerprint density at radius 2 is 1.28 bits per heavy atom. The van der Waals surface area contributed by atoms with E-state index >= 15 is 0 Å². The van der Waals surface area contributed by atoms with E-state index in [1.165, 1.54) is 12.4 Å². The van der Waals surface area contributed by atoms with Gasteiger partial charge in [-0.3, -0.25) is 9.59 Å². The molecule has 2 rings (SSSR count).